The zero-order valence-electron chi connectivity index (χ0n) is 18.1. The molecule has 0 saturated carbocycles. The lowest BCUT2D eigenvalue weighted by Gasteiger charge is -2.27. The van der Waals surface area contributed by atoms with Crippen molar-refractivity contribution in [2.24, 2.45) is 13.0 Å². The molecule has 1 aromatic heterocycles. The molecule has 2 saturated heterocycles. The van der Waals surface area contributed by atoms with E-state index in [1.165, 1.54) is 12.1 Å². The van der Waals surface area contributed by atoms with Gasteiger partial charge in [-0.25, -0.2) is 4.98 Å². The number of hydrogen-bond donors (Lipinski definition) is 0. The van der Waals surface area contributed by atoms with E-state index < -0.39 is 11.7 Å². The van der Waals surface area contributed by atoms with Crippen LogP contribution in [-0.4, -0.2) is 52.4 Å². The van der Waals surface area contributed by atoms with Crippen LogP contribution in [-0.2, 0) is 13.2 Å². The number of para-hydroxylation sites is 2. The lowest BCUT2D eigenvalue weighted by Crippen LogP contribution is -2.35. The maximum Gasteiger partial charge on any atom is 0.416 e. The summed E-state index contributed by atoms with van der Waals surface area (Å²) < 4.78 is 40.8. The quantitative estimate of drug-likeness (QED) is 0.369. The highest BCUT2D eigenvalue weighted by molar-refractivity contribution is 7.99. The van der Waals surface area contributed by atoms with Crippen LogP contribution in [0.1, 0.15) is 18.4 Å². The van der Waals surface area contributed by atoms with E-state index in [0.29, 0.717) is 12.0 Å². The van der Waals surface area contributed by atoms with Gasteiger partial charge < -0.3 is 14.4 Å². The smallest absolute Gasteiger partial charge is 0.367 e. The third-order valence-electron chi connectivity index (χ3n) is 6.75. The van der Waals surface area contributed by atoms with Gasteiger partial charge in [-0.05, 0) is 61.7 Å². The summed E-state index contributed by atoms with van der Waals surface area (Å²) in [5, 5.41) is 1.05. The average molecular weight is 461 g/mol. The Labute approximate surface area is 190 Å². The molecule has 0 bridgehead atoms. The molecule has 2 fully saturated rings. The van der Waals surface area contributed by atoms with E-state index >= 15 is 0 Å². The van der Waals surface area contributed by atoms with Gasteiger partial charge >= 0.3 is 6.18 Å². The SMILES string of the molecule is Cn1c(SCCCN2CC3CCN(c4ccc(C(F)(F)F)cc4)C3C2)nc2ccccc21. The molecule has 2 aliphatic heterocycles. The summed E-state index contributed by atoms with van der Waals surface area (Å²) in [5.74, 6) is 1.62. The number of likely N-dealkylation sites (tertiary alicyclic amines) is 1. The Morgan fingerprint density at radius 3 is 2.59 bits per heavy atom. The van der Waals surface area contributed by atoms with E-state index in [-0.39, 0.29) is 0 Å². The van der Waals surface area contributed by atoms with Crippen molar-refractivity contribution in [2.45, 2.75) is 30.2 Å². The number of hydrogen-bond acceptors (Lipinski definition) is 4. The number of imidazole rings is 1. The fraction of sp³-hybridized carbons (Fsp3) is 0.458. The topological polar surface area (TPSA) is 24.3 Å². The van der Waals surface area contributed by atoms with Gasteiger partial charge in [0, 0.05) is 44.2 Å². The molecule has 32 heavy (non-hydrogen) atoms. The molecule has 4 nitrogen and oxygen atoms in total. The fourth-order valence-electron chi connectivity index (χ4n) is 5.10. The van der Waals surface area contributed by atoms with Crippen molar-refractivity contribution in [1.82, 2.24) is 14.5 Å². The van der Waals surface area contributed by atoms with E-state index in [1.807, 2.05) is 18.2 Å². The first kappa shape index (κ1) is 21.6. The Morgan fingerprint density at radius 2 is 1.84 bits per heavy atom. The minimum absolute atomic E-state index is 0.402. The number of thioether (sulfide) groups is 1. The van der Waals surface area contributed by atoms with Gasteiger partial charge in [-0.15, -0.1) is 0 Å². The first-order valence-electron chi connectivity index (χ1n) is 11.1. The van der Waals surface area contributed by atoms with Crippen LogP contribution in [0.5, 0.6) is 0 Å². The molecular weight excluding hydrogens is 433 g/mol. The Morgan fingerprint density at radius 1 is 1.06 bits per heavy atom. The zero-order valence-corrected chi connectivity index (χ0v) is 18.9. The van der Waals surface area contributed by atoms with Crippen LogP contribution in [0.4, 0.5) is 18.9 Å². The molecule has 2 aliphatic rings. The highest BCUT2D eigenvalue weighted by Crippen LogP contribution is 2.37. The van der Waals surface area contributed by atoms with E-state index in [2.05, 4.69) is 27.5 Å². The summed E-state index contributed by atoms with van der Waals surface area (Å²) in [6.07, 6.45) is -2.08. The molecule has 0 amide bonds. The Bertz CT molecular complexity index is 1080. The van der Waals surface area contributed by atoms with E-state index in [1.54, 1.807) is 23.9 Å². The van der Waals surface area contributed by atoms with Gasteiger partial charge in [0.15, 0.2) is 5.16 Å². The van der Waals surface area contributed by atoms with Gasteiger partial charge in [0.25, 0.3) is 0 Å². The number of rotatable bonds is 6. The average Bonchev–Trinajstić information content (AvgIpc) is 3.44. The second-order valence-corrected chi connectivity index (χ2v) is 9.82. The highest BCUT2D eigenvalue weighted by Gasteiger charge is 2.41. The van der Waals surface area contributed by atoms with Crippen LogP contribution in [0.2, 0.25) is 0 Å². The summed E-state index contributed by atoms with van der Waals surface area (Å²) >= 11 is 1.80. The predicted octanol–water partition coefficient (Wildman–Crippen LogP) is 5.29. The lowest BCUT2D eigenvalue weighted by molar-refractivity contribution is -0.137. The molecule has 3 aromatic rings. The van der Waals surface area contributed by atoms with Crippen molar-refractivity contribution in [3.05, 3.63) is 54.1 Å². The van der Waals surface area contributed by atoms with Crippen LogP contribution in [0.25, 0.3) is 11.0 Å². The van der Waals surface area contributed by atoms with Crippen LogP contribution in [0.3, 0.4) is 0 Å². The Kier molecular flexibility index (Phi) is 5.84. The van der Waals surface area contributed by atoms with E-state index in [9.17, 15) is 13.2 Å². The van der Waals surface area contributed by atoms with Crippen LogP contribution in [0, 0.1) is 5.92 Å². The minimum Gasteiger partial charge on any atom is -0.367 e. The minimum atomic E-state index is -4.28. The number of anilines is 1. The molecule has 0 aliphatic carbocycles. The second kappa shape index (κ2) is 8.63. The standard InChI is InChI=1S/C24H27F3N4S/c1-29-21-6-3-2-5-20(21)28-23(29)32-14-4-12-30-15-17-11-13-31(22(17)16-30)19-9-7-18(8-10-19)24(25,26)27/h2-3,5-10,17,22H,4,11-16H2,1H3. The molecule has 3 heterocycles. The number of halogens is 3. The summed E-state index contributed by atoms with van der Waals surface area (Å²) in [6, 6.07) is 14.3. The van der Waals surface area contributed by atoms with Gasteiger partial charge in [-0.1, -0.05) is 23.9 Å². The van der Waals surface area contributed by atoms with Crippen molar-refractivity contribution in [2.75, 3.05) is 36.8 Å². The first-order valence-corrected chi connectivity index (χ1v) is 12.1. The molecule has 2 aromatic carbocycles. The molecule has 8 heteroatoms. The third-order valence-corrected chi connectivity index (χ3v) is 7.86. The van der Waals surface area contributed by atoms with Crippen molar-refractivity contribution >= 4 is 28.5 Å². The molecule has 2 unspecified atom stereocenters. The fourth-order valence-corrected chi connectivity index (χ4v) is 6.01. The number of fused-ring (bicyclic) bond motifs is 2. The molecule has 0 N–H and O–H groups in total. The van der Waals surface area contributed by atoms with Crippen LogP contribution in [0.15, 0.2) is 53.7 Å². The predicted molar refractivity (Wildman–Crippen MR) is 123 cm³/mol. The summed E-state index contributed by atoms with van der Waals surface area (Å²) in [5.41, 5.74) is 2.52. The third kappa shape index (κ3) is 4.22. The molecule has 0 radical (unpaired) electrons. The van der Waals surface area contributed by atoms with Crippen molar-refractivity contribution < 1.29 is 13.2 Å². The van der Waals surface area contributed by atoms with Gasteiger partial charge in [0.1, 0.15) is 0 Å². The van der Waals surface area contributed by atoms with E-state index in [4.69, 9.17) is 4.98 Å². The number of alkyl halides is 3. The second-order valence-electron chi connectivity index (χ2n) is 8.76. The molecule has 0 spiro atoms. The monoisotopic (exact) mass is 460 g/mol. The maximum atomic E-state index is 12.9. The van der Waals surface area contributed by atoms with Gasteiger partial charge in [-0.3, -0.25) is 0 Å². The van der Waals surface area contributed by atoms with Crippen LogP contribution >= 0.6 is 11.8 Å². The maximum absolute atomic E-state index is 12.9. The van der Waals surface area contributed by atoms with E-state index in [0.717, 1.165) is 66.7 Å². The van der Waals surface area contributed by atoms with Crippen LogP contribution < -0.4 is 4.90 Å². The Balaban J connectivity index is 1.13. The number of aromatic nitrogens is 2. The molecule has 5 rings (SSSR count). The van der Waals surface area contributed by atoms with Crippen molar-refractivity contribution in [1.29, 1.82) is 0 Å². The normalized spacial score (nSPS) is 21.6. The van der Waals surface area contributed by atoms with Gasteiger partial charge in [0.05, 0.1) is 16.6 Å². The number of nitrogens with zero attached hydrogens (tertiary/aromatic N) is 4. The largest absolute Gasteiger partial charge is 0.416 e. The van der Waals surface area contributed by atoms with Gasteiger partial charge in [0.2, 0.25) is 0 Å². The number of aryl methyl sites for hydroxylation is 1. The zero-order chi connectivity index (χ0) is 22.3. The summed E-state index contributed by atoms with van der Waals surface area (Å²) in [6.45, 7) is 4.04. The van der Waals surface area contributed by atoms with Crippen molar-refractivity contribution in [3.63, 3.8) is 0 Å². The Hall–Kier alpha value is -2.19. The lowest BCUT2D eigenvalue weighted by atomic mass is 10.0. The molecule has 2 atom stereocenters. The first-order chi connectivity index (χ1) is 15.4. The van der Waals surface area contributed by atoms with Crippen molar-refractivity contribution in [3.8, 4) is 0 Å². The van der Waals surface area contributed by atoms with Gasteiger partial charge in [-0.2, -0.15) is 13.2 Å². The highest BCUT2D eigenvalue weighted by atomic mass is 32.2. The summed E-state index contributed by atoms with van der Waals surface area (Å²) in [7, 11) is 2.06. The molecular formula is C24H27F3N4S. The number of benzene rings is 2. The summed E-state index contributed by atoms with van der Waals surface area (Å²) in [4.78, 5) is 9.55. The molecule has 170 valence electrons.